The number of likely N-dealkylation sites (tertiary alicyclic amines) is 1. The molecule has 0 unspecified atom stereocenters. The van der Waals surface area contributed by atoms with Gasteiger partial charge in [0.2, 0.25) is 0 Å². The molecule has 3 N–H and O–H groups in total. The fourth-order valence-corrected chi connectivity index (χ4v) is 2.75. The Morgan fingerprint density at radius 3 is 2.76 bits per heavy atom. The average Bonchev–Trinajstić information content (AvgIpc) is 2.49. The molecular formula is C15H23FN4O. The van der Waals surface area contributed by atoms with Crippen molar-refractivity contribution in [1.29, 1.82) is 0 Å². The Bertz CT molecular complexity index is 500. The van der Waals surface area contributed by atoms with E-state index < -0.39 is 5.91 Å². The Hall–Kier alpha value is -1.50. The van der Waals surface area contributed by atoms with Gasteiger partial charge in [-0.1, -0.05) is 0 Å². The zero-order chi connectivity index (χ0) is 15.4. The summed E-state index contributed by atoms with van der Waals surface area (Å²) in [6.45, 7) is 2.62. The molecule has 0 bridgehead atoms. The van der Waals surface area contributed by atoms with Crippen molar-refractivity contribution in [1.82, 2.24) is 15.2 Å². The van der Waals surface area contributed by atoms with Crippen LogP contribution in [0, 0.1) is 5.82 Å². The highest BCUT2D eigenvalue weighted by Crippen LogP contribution is 2.19. The summed E-state index contributed by atoms with van der Waals surface area (Å²) < 4.78 is 13.9. The van der Waals surface area contributed by atoms with E-state index in [0.29, 0.717) is 23.7 Å². The van der Waals surface area contributed by atoms with Gasteiger partial charge in [0, 0.05) is 23.7 Å². The first kappa shape index (κ1) is 15.9. The highest BCUT2D eigenvalue weighted by Gasteiger charge is 2.21. The predicted molar refractivity (Wildman–Crippen MR) is 80.0 cm³/mol. The van der Waals surface area contributed by atoms with E-state index in [-0.39, 0.29) is 5.82 Å². The summed E-state index contributed by atoms with van der Waals surface area (Å²) in [4.78, 5) is 16.0. The quantitative estimate of drug-likeness (QED) is 0.493. The van der Waals surface area contributed by atoms with E-state index >= 15 is 0 Å². The van der Waals surface area contributed by atoms with Crippen LogP contribution in [-0.2, 0) is 6.54 Å². The maximum Gasteiger partial charge on any atom is 0.265 e. The van der Waals surface area contributed by atoms with Crippen molar-refractivity contribution in [3.63, 3.8) is 0 Å². The van der Waals surface area contributed by atoms with Crippen molar-refractivity contribution in [2.45, 2.75) is 25.4 Å². The summed E-state index contributed by atoms with van der Waals surface area (Å²) >= 11 is 0. The van der Waals surface area contributed by atoms with Crippen LogP contribution in [-0.4, -0.2) is 48.9 Å². The van der Waals surface area contributed by atoms with E-state index in [1.165, 1.54) is 12.1 Å². The summed E-state index contributed by atoms with van der Waals surface area (Å²) in [5.41, 5.74) is 2.97. The molecule has 0 radical (unpaired) electrons. The van der Waals surface area contributed by atoms with Gasteiger partial charge >= 0.3 is 0 Å². The number of nitrogens with two attached hydrogens (primary N) is 1. The van der Waals surface area contributed by atoms with Crippen LogP contribution in [0.15, 0.2) is 18.2 Å². The van der Waals surface area contributed by atoms with Crippen LogP contribution in [0.25, 0.3) is 0 Å². The molecular weight excluding hydrogens is 271 g/mol. The van der Waals surface area contributed by atoms with Crippen LogP contribution in [0.1, 0.15) is 28.8 Å². The molecule has 5 nitrogen and oxygen atoms in total. The number of nitrogens with zero attached hydrogens (tertiary/aromatic N) is 2. The number of rotatable bonds is 4. The fraction of sp³-hybridized carbons (Fsp3) is 0.533. The lowest BCUT2D eigenvalue weighted by molar-refractivity contribution is 0.0953. The third kappa shape index (κ3) is 4.00. The molecule has 0 aliphatic carbocycles. The molecule has 2 rings (SSSR count). The van der Waals surface area contributed by atoms with Crippen LogP contribution >= 0.6 is 0 Å². The SMILES string of the molecule is CN1CCC(N(C)Cc2cc(C(=O)NN)ccc2F)CC1. The topological polar surface area (TPSA) is 61.6 Å². The van der Waals surface area contributed by atoms with E-state index in [2.05, 4.69) is 22.3 Å². The van der Waals surface area contributed by atoms with Crippen molar-refractivity contribution in [3.8, 4) is 0 Å². The molecule has 0 spiro atoms. The van der Waals surface area contributed by atoms with Gasteiger partial charge in [0.1, 0.15) is 5.82 Å². The van der Waals surface area contributed by atoms with Crippen LogP contribution in [0.4, 0.5) is 4.39 Å². The minimum atomic E-state index is -0.404. The second-order valence-electron chi connectivity index (χ2n) is 5.73. The summed E-state index contributed by atoms with van der Waals surface area (Å²) in [5.74, 6) is 4.42. The van der Waals surface area contributed by atoms with E-state index in [0.717, 1.165) is 25.9 Å². The monoisotopic (exact) mass is 294 g/mol. The van der Waals surface area contributed by atoms with Gasteiger partial charge in [-0.2, -0.15) is 0 Å². The molecule has 0 atom stereocenters. The largest absolute Gasteiger partial charge is 0.306 e. The maximum atomic E-state index is 13.9. The van der Waals surface area contributed by atoms with Crippen LogP contribution in [0.2, 0.25) is 0 Å². The zero-order valence-corrected chi connectivity index (χ0v) is 12.6. The smallest absolute Gasteiger partial charge is 0.265 e. The number of benzene rings is 1. The Morgan fingerprint density at radius 2 is 2.14 bits per heavy atom. The normalized spacial score (nSPS) is 17.2. The summed E-state index contributed by atoms with van der Waals surface area (Å²) in [5, 5.41) is 0. The van der Waals surface area contributed by atoms with Crippen molar-refractivity contribution in [2.24, 2.45) is 5.84 Å². The lowest BCUT2D eigenvalue weighted by Crippen LogP contribution is -2.41. The number of hydrogen-bond acceptors (Lipinski definition) is 4. The number of carbonyl (C=O) groups is 1. The van der Waals surface area contributed by atoms with Crippen molar-refractivity contribution in [3.05, 3.63) is 35.1 Å². The molecule has 1 aliphatic rings. The molecule has 1 aliphatic heterocycles. The standard InChI is InChI=1S/C15H23FN4O/c1-19-7-5-13(6-8-19)20(2)10-12-9-11(15(21)18-17)3-4-14(12)16/h3-4,9,13H,5-8,10,17H2,1-2H3,(H,18,21). The van der Waals surface area contributed by atoms with Gasteiger partial charge in [0.25, 0.3) is 5.91 Å². The summed E-state index contributed by atoms with van der Waals surface area (Å²) in [6, 6.07) is 4.79. The Labute approximate surface area is 124 Å². The Balaban J connectivity index is 2.06. The van der Waals surface area contributed by atoms with Crippen LogP contribution in [0.5, 0.6) is 0 Å². The van der Waals surface area contributed by atoms with Crippen LogP contribution in [0.3, 0.4) is 0 Å². The highest BCUT2D eigenvalue weighted by atomic mass is 19.1. The van der Waals surface area contributed by atoms with Gasteiger partial charge in [0.15, 0.2) is 0 Å². The van der Waals surface area contributed by atoms with Gasteiger partial charge in [-0.3, -0.25) is 15.1 Å². The lowest BCUT2D eigenvalue weighted by Gasteiger charge is -2.35. The number of hydrogen-bond donors (Lipinski definition) is 2. The van der Waals surface area contributed by atoms with Gasteiger partial charge in [-0.15, -0.1) is 0 Å². The van der Waals surface area contributed by atoms with Gasteiger partial charge in [0.05, 0.1) is 0 Å². The Morgan fingerprint density at radius 1 is 1.48 bits per heavy atom. The molecule has 1 aromatic carbocycles. The molecule has 1 aromatic rings. The number of halogens is 1. The Kier molecular flexibility index (Phi) is 5.27. The average molecular weight is 294 g/mol. The van der Waals surface area contributed by atoms with E-state index in [1.807, 2.05) is 7.05 Å². The van der Waals surface area contributed by atoms with Gasteiger partial charge < -0.3 is 4.90 Å². The fourth-order valence-electron chi connectivity index (χ4n) is 2.75. The maximum absolute atomic E-state index is 13.9. The second kappa shape index (κ2) is 6.98. The highest BCUT2D eigenvalue weighted by molar-refractivity contribution is 5.93. The number of nitrogens with one attached hydrogen (secondary N) is 1. The molecule has 21 heavy (non-hydrogen) atoms. The molecule has 0 saturated carbocycles. The van der Waals surface area contributed by atoms with Crippen molar-refractivity contribution in [2.75, 3.05) is 27.2 Å². The minimum absolute atomic E-state index is 0.289. The zero-order valence-electron chi connectivity index (χ0n) is 12.6. The first-order valence-electron chi connectivity index (χ1n) is 7.19. The predicted octanol–water partition coefficient (Wildman–Crippen LogP) is 0.955. The van der Waals surface area contributed by atoms with E-state index in [4.69, 9.17) is 5.84 Å². The summed E-state index contributed by atoms with van der Waals surface area (Å²) in [6.07, 6.45) is 2.16. The molecule has 1 heterocycles. The number of carbonyl (C=O) groups excluding carboxylic acids is 1. The van der Waals surface area contributed by atoms with E-state index in [9.17, 15) is 9.18 Å². The number of hydrazine groups is 1. The molecule has 1 fully saturated rings. The van der Waals surface area contributed by atoms with Crippen LogP contribution < -0.4 is 11.3 Å². The third-order valence-corrected chi connectivity index (χ3v) is 4.17. The van der Waals surface area contributed by atoms with E-state index in [1.54, 1.807) is 6.07 Å². The van der Waals surface area contributed by atoms with Crippen molar-refractivity contribution < 1.29 is 9.18 Å². The first-order chi connectivity index (χ1) is 10.0. The molecule has 1 saturated heterocycles. The molecule has 0 aromatic heterocycles. The first-order valence-corrected chi connectivity index (χ1v) is 7.19. The molecule has 1 amide bonds. The van der Waals surface area contributed by atoms with Gasteiger partial charge in [-0.25, -0.2) is 10.2 Å². The number of amides is 1. The third-order valence-electron chi connectivity index (χ3n) is 4.17. The lowest BCUT2D eigenvalue weighted by atomic mass is 10.0. The number of nitrogen functional groups attached to an aromatic ring is 1. The van der Waals surface area contributed by atoms with Gasteiger partial charge in [-0.05, 0) is 58.2 Å². The second-order valence-corrected chi connectivity index (χ2v) is 5.73. The minimum Gasteiger partial charge on any atom is -0.306 e. The summed E-state index contributed by atoms with van der Waals surface area (Å²) in [7, 11) is 4.12. The van der Waals surface area contributed by atoms with Crippen molar-refractivity contribution >= 4 is 5.91 Å². The molecule has 6 heteroatoms. The molecule has 116 valence electrons. The number of piperidine rings is 1.